The molecule has 0 heterocycles. The molecule has 0 amide bonds. The average molecular weight is 247 g/mol. The number of hydrogen-bond acceptors (Lipinski definition) is 3. The minimum absolute atomic E-state index is 0.124. The Balaban J connectivity index is 1.82. The first-order chi connectivity index (χ1) is 8.81. The monoisotopic (exact) mass is 247 g/mol. The number of nitrogens with one attached hydrogen (secondary N) is 1. The Morgan fingerprint density at radius 2 is 2.28 bits per heavy atom. The smallest absolute Gasteiger partial charge is 0.305 e. The number of aryl methyl sites for hydroxylation is 1. The van der Waals surface area contributed by atoms with Crippen LogP contribution in [0.4, 0.5) is 0 Å². The lowest BCUT2D eigenvalue weighted by Gasteiger charge is -2.26. The predicted molar refractivity (Wildman–Crippen MR) is 71.4 cm³/mol. The molecule has 3 heteroatoms. The van der Waals surface area contributed by atoms with Crippen molar-refractivity contribution in [2.24, 2.45) is 0 Å². The summed E-state index contributed by atoms with van der Waals surface area (Å²) < 4.78 is 4.63. The van der Waals surface area contributed by atoms with Crippen molar-refractivity contribution in [3.05, 3.63) is 35.4 Å². The van der Waals surface area contributed by atoms with Gasteiger partial charge in [0.1, 0.15) is 0 Å². The molecule has 0 bridgehead atoms. The summed E-state index contributed by atoms with van der Waals surface area (Å²) in [6, 6.07) is 9.10. The van der Waals surface area contributed by atoms with E-state index in [1.165, 1.54) is 37.5 Å². The molecule has 0 spiro atoms. The van der Waals surface area contributed by atoms with Gasteiger partial charge >= 0.3 is 5.97 Å². The number of rotatable bonds is 5. The first-order valence-corrected chi connectivity index (χ1v) is 6.69. The van der Waals surface area contributed by atoms with Crippen molar-refractivity contribution in [2.45, 2.75) is 38.1 Å². The topological polar surface area (TPSA) is 38.3 Å². The van der Waals surface area contributed by atoms with Crippen LogP contribution in [0.2, 0.25) is 0 Å². The molecule has 3 nitrogen and oxygen atoms in total. The summed E-state index contributed by atoms with van der Waals surface area (Å²) in [7, 11) is 1.44. The Morgan fingerprint density at radius 3 is 3.11 bits per heavy atom. The lowest BCUT2D eigenvalue weighted by Crippen LogP contribution is -2.26. The van der Waals surface area contributed by atoms with Crippen molar-refractivity contribution in [2.75, 3.05) is 13.7 Å². The molecule has 0 radical (unpaired) electrons. The highest BCUT2D eigenvalue weighted by Gasteiger charge is 2.18. The zero-order chi connectivity index (χ0) is 12.8. The fourth-order valence-corrected chi connectivity index (χ4v) is 2.58. The molecule has 0 aliphatic heterocycles. The van der Waals surface area contributed by atoms with Crippen LogP contribution in [0.25, 0.3) is 0 Å². The van der Waals surface area contributed by atoms with Crippen LogP contribution >= 0.6 is 0 Å². The Hall–Kier alpha value is -1.35. The van der Waals surface area contributed by atoms with Gasteiger partial charge in [0.25, 0.3) is 0 Å². The molecule has 18 heavy (non-hydrogen) atoms. The lowest BCUT2D eigenvalue weighted by molar-refractivity contribution is -0.140. The second kappa shape index (κ2) is 6.55. The van der Waals surface area contributed by atoms with E-state index in [4.69, 9.17) is 0 Å². The van der Waals surface area contributed by atoms with Crippen molar-refractivity contribution >= 4 is 5.97 Å². The van der Waals surface area contributed by atoms with Crippen molar-refractivity contribution in [3.8, 4) is 0 Å². The molecule has 0 aromatic heterocycles. The molecule has 1 aliphatic carbocycles. The largest absolute Gasteiger partial charge is 0.469 e. The van der Waals surface area contributed by atoms with Gasteiger partial charge < -0.3 is 10.1 Å². The molecule has 0 saturated carbocycles. The van der Waals surface area contributed by atoms with Crippen molar-refractivity contribution < 1.29 is 9.53 Å². The molecule has 98 valence electrons. The molecular weight excluding hydrogens is 226 g/mol. The van der Waals surface area contributed by atoms with Gasteiger partial charge in [-0.05, 0) is 43.4 Å². The van der Waals surface area contributed by atoms with Gasteiger partial charge in [-0.2, -0.15) is 0 Å². The van der Waals surface area contributed by atoms with Crippen LogP contribution < -0.4 is 5.32 Å². The maximum atomic E-state index is 11.0. The second-order valence-corrected chi connectivity index (χ2v) is 4.78. The summed E-state index contributed by atoms with van der Waals surface area (Å²) in [4.78, 5) is 11.0. The van der Waals surface area contributed by atoms with E-state index in [1.54, 1.807) is 0 Å². The lowest BCUT2D eigenvalue weighted by atomic mass is 9.88. The summed E-state index contributed by atoms with van der Waals surface area (Å²) in [6.07, 6.45) is 4.96. The maximum absolute atomic E-state index is 11.0. The molecular formula is C15H21NO2. The minimum atomic E-state index is -0.124. The highest BCUT2D eigenvalue weighted by molar-refractivity contribution is 5.69. The number of esters is 1. The van der Waals surface area contributed by atoms with Gasteiger partial charge in [-0.1, -0.05) is 24.3 Å². The standard InChI is InChI=1S/C15H21NO2/c1-18-15(17)10-5-11-16-14-9-4-7-12-6-2-3-8-13(12)14/h2-3,6,8,14,16H,4-5,7,9-11H2,1H3. The second-order valence-electron chi connectivity index (χ2n) is 4.78. The van der Waals surface area contributed by atoms with Gasteiger partial charge in [0, 0.05) is 12.5 Å². The van der Waals surface area contributed by atoms with E-state index in [1.807, 2.05) is 0 Å². The summed E-state index contributed by atoms with van der Waals surface area (Å²) in [5.41, 5.74) is 2.90. The number of hydrogen-bond donors (Lipinski definition) is 1. The minimum Gasteiger partial charge on any atom is -0.469 e. The Bertz CT molecular complexity index is 403. The number of carbonyl (C=O) groups is 1. The number of ether oxygens (including phenoxy) is 1. The van der Waals surface area contributed by atoms with Crippen LogP contribution in [0.3, 0.4) is 0 Å². The van der Waals surface area contributed by atoms with E-state index in [9.17, 15) is 4.79 Å². The fraction of sp³-hybridized carbons (Fsp3) is 0.533. The highest BCUT2D eigenvalue weighted by Crippen LogP contribution is 2.29. The fourth-order valence-electron chi connectivity index (χ4n) is 2.58. The molecule has 2 rings (SSSR count). The van der Waals surface area contributed by atoms with Gasteiger partial charge in [-0.3, -0.25) is 4.79 Å². The summed E-state index contributed by atoms with van der Waals surface area (Å²) in [5.74, 6) is -0.124. The molecule has 1 aliphatic rings. The van der Waals surface area contributed by atoms with E-state index in [0.717, 1.165) is 13.0 Å². The van der Waals surface area contributed by atoms with Crippen molar-refractivity contribution in [1.29, 1.82) is 0 Å². The van der Waals surface area contributed by atoms with Crippen LogP contribution in [0.1, 0.15) is 42.9 Å². The zero-order valence-corrected chi connectivity index (χ0v) is 10.9. The first kappa shape index (κ1) is 13.1. The molecule has 1 aromatic rings. The van der Waals surface area contributed by atoms with Gasteiger partial charge in [0.2, 0.25) is 0 Å². The van der Waals surface area contributed by atoms with Gasteiger partial charge in [-0.15, -0.1) is 0 Å². The molecule has 1 N–H and O–H groups in total. The Morgan fingerprint density at radius 1 is 1.44 bits per heavy atom. The molecule has 0 saturated heterocycles. The third-order valence-corrected chi connectivity index (χ3v) is 3.55. The molecule has 1 unspecified atom stereocenters. The number of benzene rings is 1. The first-order valence-electron chi connectivity index (χ1n) is 6.69. The SMILES string of the molecule is COC(=O)CCCNC1CCCc2ccccc21. The third-order valence-electron chi connectivity index (χ3n) is 3.55. The Labute approximate surface area is 109 Å². The van der Waals surface area contributed by atoms with Crippen LogP contribution in [0.5, 0.6) is 0 Å². The zero-order valence-electron chi connectivity index (χ0n) is 10.9. The third kappa shape index (κ3) is 3.33. The maximum Gasteiger partial charge on any atom is 0.305 e. The average Bonchev–Trinajstić information content (AvgIpc) is 2.43. The van der Waals surface area contributed by atoms with Gasteiger partial charge in [-0.25, -0.2) is 0 Å². The van der Waals surface area contributed by atoms with Crippen molar-refractivity contribution in [3.63, 3.8) is 0 Å². The number of fused-ring (bicyclic) bond motifs is 1. The molecule has 0 fully saturated rings. The quantitative estimate of drug-likeness (QED) is 0.642. The van der Waals surface area contributed by atoms with E-state index in [0.29, 0.717) is 12.5 Å². The predicted octanol–water partition coefficient (Wildman–Crippen LogP) is 2.61. The summed E-state index contributed by atoms with van der Waals surface area (Å²) >= 11 is 0. The molecule has 1 aromatic carbocycles. The number of methoxy groups -OCH3 is 1. The van der Waals surface area contributed by atoms with Gasteiger partial charge in [0.05, 0.1) is 7.11 Å². The summed E-state index contributed by atoms with van der Waals surface area (Å²) in [6.45, 7) is 0.869. The molecule has 1 atom stereocenters. The van der Waals surface area contributed by atoms with Gasteiger partial charge in [0.15, 0.2) is 0 Å². The Kier molecular flexibility index (Phi) is 4.76. The summed E-state index contributed by atoms with van der Waals surface area (Å²) in [5, 5.41) is 3.55. The van der Waals surface area contributed by atoms with E-state index < -0.39 is 0 Å². The van der Waals surface area contributed by atoms with E-state index in [-0.39, 0.29) is 5.97 Å². The van der Waals surface area contributed by atoms with E-state index in [2.05, 4.69) is 34.3 Å². The van der Waals surface area contributed by atoms with Crippen LogP contribution in [-0.4, -0.2) is 19.6 Å². The highest BCUT2D eigenvalue weighted by atomic mass is 16.5. The van der Waals surface area contributed by atoms with Crippen LogP contribution in [-0.2, 0) is 16.0 Å². The number of carbonyl (C=O) groups excluding carboxylic acids is 1. The van der Waals surface area contributed by atoms with Crippen LogP contribution in [0, 0.1) is 0 Å². The van der Waals surface area contributed by atoms with Crippen molar-refractivity contribution in [1.82, 2.24) is 5.32 Å². The van der Waals surface area contributed by atoms with E-state index >= 15 is 0 Å². The van der Waals surface area contributed by atoms with Crippen LogP contribution in [0.15, 0.2) is 24.3 Å². The normalized spacial score (nSPS) is 18.2.